The van der Waals surface area contributed by atoms with E-state index in [1.807, 2.05) is 42.3 Å². The molecule has 0 fully saturated rings. The molecule has 0 atom stereocenters. The number of benzene rings is 2. The van der Waals surface area contributed by atoms with Crippen LogP contribution in [0.2, 0.25) is 0 Å². The largest absolute Gasteiger partial charge is 0.497 e. The van der Waals surface area contributed by atoms with Gasteiger partial charge in [0.1, 0.15) is 11.5 Å². The van der Waals surface area contributed by atoms with Gasteiger partial charge < -0.3 is 19.7 Å². The fraction of sp³-hybridized carbons (Fsp3) is 0.190. The maximum Gasteiger partial charge on any atom is 0.258 e. The van der Waals surface area contributed by atoms with Gasteiger partial charge in [-0.2, -0.15) is 0 Å². The molecular formula is C21H22N4O3. The molecule has 0 aliphatic carbocycles. The van der Waals surface area contributed by atoms with Crippen LogP contribution < -0.4 is 19.7 Å². The average molecular weight is 378 g/mol. The SMILES string of the molecule is COc1ccc(NC(=O)c2cnc(N(C)Cc3ccccc3)nc2)c(OC)c1. The van der Waals surface area contributed by atoms with E-state index in [0.717, 1.165) is 5.56 Å². The Balaban J connectivity index is 1.68. The fourth-order valence-corrected chi connectivity index (χ4v) is 2.66. The van der Waals surface area contributed by atoms with E-state index in [2.05, 4.69) is 15.3 Å². The zero-order valence-electron chi connectivity index (χ0n) is 16.0. The lowest BCUT2D eigenvalue weighted by atomic mass is 10.2. The molecule has 1 heterocycles. The number of nitrogens with zero attached hydrogens (tertiary/aromatic N) is 3. The molecule has 0 saturated carbocycles. The van der Waals surface area contributed by atoms with Gasteiger partial charge in [-0.25, -0.2) is 9.97 Å². The summed E-state index contributed by atoms with van der Waals surface area (Å²) >= 11 is 0. The first-order valence-corrected chi connectivity index (χ1v) is 8.71. The van der Waals surface area contributed by atoms with Gasteiger partial charge in [-0.05, 0) is 17.7 Å². The Morgan fingerprint density at radius 3 is 2.39 bits per heavy atom. The van der Waals surface area contributed by atoms with Crippen LogP contribution in [0.15, 0.2) is 60.9 Å². The summed E-state index contributed by atoms with van der Waals surface area (Å²) < 4.78 is 10.5. The van der Waals surface area contributed by atoms with E-state index in [4.69, 9.17) is 9.47 Å². The van der Waals surface area contributed by atoms with Gasteiger partial charge in [0, 0.05) is 32.1 Å². The molecule has 7 nitrogen and oxygen atoms in total. The van der Waals surface area contributed by atoms with Gasteiger partial charge in [0.05, 0.1) is 25.5 Å². The average Bonchev–Trinajstić information content (AvgIpc) is 2.74. The van der Waals surface area contributed by atoms with Gasteiger partial charge in [0.25, 0.3) is 5.91 Å². The zero-order chi connectivity index (χ0) is 19.9. The molecule has 0 spiro atoms. The number of amides is 1. The lowest BCUT2D eigenvalue weighted by Crippen LogP contribution is -2.20. The highest BCUT2D eigenvalue weighted by Crippen LogP contribution is 2.29. The van der Waals surface area contributed by atoms with Gasteiger partial charge in [-0.3, -0.25) is 4.79 Å². The highest BCUT2D eigenvalue weighted by atomic mass is 16.5. The molecule has 0 bridgehead atoms. The first-order chi connectivity index (χ1) is 13.6. The Morgan fingerprint density at radius 1 is 1.04 bits per heavy atom. The monoisotopic (exact) mass is 378 g/mol. The molecule has 1 amide bonds. The maximum absolute atomic E-state index is 12.5. The second-order valence-electron chi connectivity index (χ2n) is 6.13. The van der Waals surface area contributed by atoms with Crippen molar-refractivity contribution in [2.75, 3.05) is 31.5 Å². The normalized spacial score (nSPS) is 10.2. The van der Waals surface area contributed by atoms with E-state index in [-0.39, 0.29) is 5.91 Å². The second kappa shape index (κ2) is 8.85. The number of hydrogen-bond donors (Lipinski definition) is 1. The van der Waals surface area contributed by atoms with Crippen LogP contribution in [0, 0.1) is 0 Å². The molecular weight excluding hydrogens is 356 g/mol. The summed E-state index contributed by atoms with van der Waals surface area (Å²) in [5, 5.41) is 2.80. The number of carbonyl (C=O) groups is 1. The molecule has 3 aromatic rings. The van der Waals surface area contributed by atoms with Gasteiger partial charge in [0.15, 0.2) is 0 Å². The van der Waals surface area contributed by atoms with Gasteiger partial charge >= 0.3 is 0 Å². The first-order valence-electron chi connectivity index (χ1n) is 8.71. The van der Waals surface area contributed by atoms with Gasteiger partial charge in [-0.15, -0.1) is 0 Å². The van der Waals surface area contributed by atoms with Crippen molar-refractivity contribution < 1.29 is 14.3 Å². The van der Waals surface area contributed by atoms with Crippen LogP contribution in [0.1, 0.15) is 15.9 Å². The molecule has 7 heteroatoms. The Kier molecular flexibility index (Phi) is 6.06. The van der Waals surface area contributed by atoms with Crippen molar-refractivity contribution in [1.29, 1.82) is 0 Å². The number of anilines is 2. The molecule has 1 N–H and O–H groups in total. The van der Waals surface area contributed by atoms with Gasteiger partial charge in [0.2, 0.25) is 5.95 Å². The Hall–Kier alpha value is -3.61. The van der Waals surface area contributed by atoms with E-state index in [1.165, 1.54) is 19.5 Å². The van der Waals surface area contributed by atoms with Crippen molar-refractivity contribution in [1.82, 2.24) is 9.97 Å². The third-order valence-electron chi connectivity index (χ3n) is 4.16. The number of rotatable bonds is 7. The summed E-state index contributed by atoms with van der Waals surface area (Å²) in [5.41, 5.74) is 2.05. The van der Waals surface area contributed by atoms with Crippen molar-refractivity contribution in [3.63, 3.8) is 0 Å². The maximum atomic E-state index is 12.5. The smallest absolute Gasteiger partial charge is 0.258 e. The van der Waals surface area contributed by atoms with Crippen LogP contribution in [0.25, 0.3) is 0 Å². The van der Waals surface area contributed by atoms with Crippen LogP contribution in [-0.2, 0) is 6.54 Å². The minimum absolute atomic E-state index is 0.319. The molecule has 2 aromatic carbocycles. The highest BCUT2D eigenvalue weighted by molar-refractivity contribution is 6.04. The van der Waals surface area contributed by atoms with E-state index >= 15 is 0 Å². The summed E-state index contributed by atoms with van der Waals surface area (Å²) in [6.45, 7) is 0.676. The number of carbonyl (C=O) groups excluding carboxylic acids is 1. The quantitative estimate of drug-likeness (QED) is 0.679. The fourth-order valence-electron chi connectivity index (χ4n) is 2.66. The minimum Gasteiger partial charge on any atom is -0.497 e. The molecule has 0 radical (unpaired) electrons. The van der Waals surface area contributed by atoms with Crippen LogP contribution >= 0.6 is 0 Å². The molecule has 0 aliphatic heterocycles. The predicted molar refractivity (Wildman–Crippen MR) is 108 cm³/mol. The third-order valence-corrected chi connectivity index (χ3v) is 4.16. The summed E-state index contributed by atoms with van der Waals surface area (Å²) in [7, 11) is 5.01. The van der Waals surface area contributed by atoms with Crippen LogP contribution in [0.4, 0.5) is 11.6 Å². The van der Waals surface area contributed by atoms with Crippen LogP contribution in [-0.4, -0.2) is 37.1 Å². The van der Waals surface area contributed by atoms with Crippen molar-refractivity contribution in [2.24, 2.45) is 0 Å². The number of methoxy groups -OCH3 is 2. The molecule has 0 unspecified atom stereocenters. The minimum atomic E-state index is -0.319. The summed E-state index contributed by atoms with van der Waals surface area (Å²) in [6.07, 6.45) is 3.02. The van der Waals surface area contributed by atoms with Crippen LogP contribution in [0.5, 0.6) is 11.5 Å². The lowest BCUT2D eigenvalue weighted by Gasteiger charge is -2.17. The summed E-state index contributed by atoms with van der Waals surface area (Å²) in [4.78, 5) is 23.1. The topological polar surface area (TPSA) is 76.6 Å². The van der Waals surface area contributed by atoms with Crippen molar-refractivity contribution in [3.05, 3.63) is 72.1 Å². The predicted octanol–water partition coefficient (Wildman–Crippen LogP) is 3.38. The Morgan fingerprint density at radius 2 is 1.75 bits per heavy atom. The number of hydrogen-bond acceptors (Lipinski definition) is 6. The summed E-state index contributed by atoms with van der Waals surface area (Å²) in [5.74, 6) is 1.37. The van der Waals surface area contributed by atoms with Crippen molar-refractivity contribution in [2.45, 2.75) is 6.54 Å². The second-order valence-corrected chi connectivity index (χ2v) is 6.13. The van der Waals surface area contributed by atoms with Crippen molar-refractivity contribution >= 4 is 17.5 Å². The lowest BCUT2D eigenvalue weighted by molar-refractivity contribution is 0.102. The molecule has 144 valence electrons. The molecule has 28 heavy (non-hydrogen) atoms. The molecule has 3 rings (SSSR count). The highest BCUT2D eigenvalue weighted by Gasteiger charge is 2.13. The molecule has 0 aliphatic rings. The summed E-state index contributed by atoms with van der Waals surface area (Å²) in [6, 6.07) is 15.2. The van der Waals surface area contributed by atoms with Gasteiger partial charge in [-0.1, -0.05) is 30.3 Å². The van der Waals surface area contributed by atoms with Crippen LogP contribution in [0.3, 0.4) is 0 Å². The Labute approximate surface area is 164 Å². The Bertz CT molecular complexity index is 930. The van der Waals surface area contributed by atoms with E-state index < -0.39 is 0 Å². The third kappa shape index (κ3) is 4.56. The van der Waals surface area contributed by atoms with E-state index in [1.54, 1.807) is 25.3 Å². The van der Waals surface area contributed by atoms with Crippen molar-refractivity contribution in [3.8, 4) is 11.5 Å². The number of ether oxygens (including phenoxy) is 2. The first kappa shape index (κ1) is 19.2. The standard InChI is InChI=1S/C21H22N4O3/c1-25(14-15-7-5-4-6-8-15)21-22-12-16(13-23-21)20(26)24-18-10-9-17(27-2)11-19(18)28-3/h4-13H,14H2,1-3H3,(H,24,26). The zero-order valence-corrected chi connectivity index (χ0v) is 16.0. The number of aromatic nitrogens is 2. The molecule has 1 aromatic heterocycles. The van der Waals surface area contributed by atoms with E-state index in [9.17, 15) is 4.79 Å². The number of nitrogens with one attached hydrogen (secondary N) is 1. The van der Waals surface area contributed by atoms with E-state index in [0.29, 0.717) is 35.2 Å². The molecule has 0 saturated heterocycles.